The smallest absolute Gasteiger partial charge is 0.146 e. The van der Waals surface area contributed by atoms with Gasteiger partial charge in [0.25, 0.3) is 0 Å². The molecule has 4 rings (SSSR count). The summed E-state index contributed by atoms with van der Waals surface area (Å²) >= 11 is 14.7. The molecule has 0 saturated carbocycles. The predicted octanol–water partition coefficient (Wildman–Crippen LogP) is 7.63. The minimum Gasteiger partial charge on any atom is -0.490 e. The molecule has 30 heavy (non-hydrogen) atoms. The van der Waals surface area contributed by atoms with Gasteiger partial charge in [-0.15, -0.1) is 0 Å². The van der Waals surface area contributed by atoms with Crippen LogP contribution in [0.3, 0.4) is 0 Å². The van der Waals surface area contributed by atoms with Crippen LogP contribution < -0.4 is 10.1 Å². The molecular formula is C22H20Cl2IN3OS. The van der Waals surface area contributed by atoms with Crippen LogP contribution in [0.4, 0.5) is 11.4 Å². The number of aromatic nitrogens is 1. The number of fused-ring (bicyclic) bond motifs is 3. The summed E-state index contributed by atoms with van der Waals surface area (Å²) in [7, 11) is 5.70. The minimum atomic E-state index is 0.598. The second kappa shape index (κ2) is 9.44. The van der Waals surface area contributed by atoms with E-state index in [0.29, 0.717) is 16.7 Å². The van der Waals surface area contributed by atoms with Crippen LogP contribution >= 0.6 is 53.5 Å². The van der Waals surface area contributed by atoms with E-state index in [9.17, 15) is 0 Å². The summed E-state index contributed by atoms with van der Waals surface area (Å²) in [6.45, 7) is 1.43. The molecule has 0 fully saturated rings. The van der Waals surface area contributed by atoms with Gasteiger partial charge in [0.15, 0.2) is 0 Å². The molecule has 1 heterocycles. The molecule has 0 aliphatic rings. The number of hydrogen-bond donors (Lipinski definition) is 1. The molecule has 0 bridgehead atoms. The lowest BCUT2D eigenvalue weighted by molar-refractivity contribution is 0.263. The number of nitrogens with one attached hydrogen (secondary N) is 1. The molecule has 0 spiro atoms. The Kier molecular flexibility index (Phi) is 6.89. The zero-order valence-electron chi connectivity index (χ0n) is 16.5. The Morgan fingerprint density at radius 2 is 1.70 bits per heavy atom. The monoisotopic (exact) mass is 571 g/mol. The summed E-state index contributed by atoms with van der Waals surface area (Å²) in [4.78, 5) is 2.11. The molecule has 0 radical (unpaired) electrons. The van der Waals surface area contributed by atoms with Crippen molar-refractivity contribution in [1.29, 1.82) is 0 Å². The molecule has 0 atom stereocenters. The van der Waals surface area contributed by atoms with Crippen molar-refractivity contribution in [2.45, 2.75) is 0 Å². The molecule has 0 aliphatic heterocycles. The van der Waals surface area contributed by atoms with Crippen LogP contribution in [0.5, 0.6) is 5.75 Å². The van der Waals surface area contributed by atoms with Crippen LogP contribution in [0, 0.1) is 0 Å². The highest BCUT2D eigenvalue weighted by Crippen LogP contribution is 2.42. The Morgan fingerprint density at radius 1 is 0.967 bits per heavy atom. The fourth-order valence-corrected chi connectivity index (χ4v) is 5.35. The molecule has 4 aromatic rings. The van der Waals surface area contributed by atoms with Gasteiger partial charge in [-0.05, 0) is 62.6 Å². The predicted molar refractivity (Wildman–Crippen MR) is 140 cm³/mol. The highest BCUT2D eigenvalue weighted by Gasteiger charge is 2.17. The van der Waals surface area contributed by atoms with Crippen molar-refractivity contribution in [3.63, 3.8) is 0 Å². The Balaban J connectivity index is 1.87. The topological polar surface area (TPSA) is 29.4 Å². The number of nitrogens with zero attached hydrogens (tertiary/aromatic N) is 2. The van der Waals surface area contributed by atoms with Gasteiger partial charge in [0.05, 0.1) is 5.52 Å². The number of likely N-dealkylation sites (N-methyl/N-ethyl adjacent to an activating group) is 1. The summed E-state index contributed by atoms with van der Waals surface area (Å²) in [6.07, 6.45) is 0. The van der Waals surface area contributed by atoms with Gasteiger partial charge in [-0.3, -0.25) is 3.97 Å². The lowest BCUT2D eigenvalue weighted by Gasteiger charge is -2.15. The van der Waals surface area contributed by atoms with Gasteiger partial charge in [0.2, 0.25) is 0 Å². The molecule has 3 aromatic carbocycles. The van der Waals surface area contributed by atoms with Gasteiger partial charge < -0.3 is 15.0 Å². The maximum atomic E-state index is 6.33. The summed E-state index contributed by atoms with van der Waals surface area (Å²) in [5, 5.41) is 7.08. The van der Waals surface area contributed by atoms with Crippen LogP contribution in [0.25, 0.3) is 21.8 Å². The van der Waals surface area contributed by atoms with Crippen LogP contribution in [0.2, 0.25) is 10.0 Å². The first-order chi connectivity index (χ1) is 14.5. The second-order valence-corrected chi connectivity index (χ2v) is 9.74. The molecule has 0 aliphatic carbocycles. The number of benzene rings is 3. The molecular weight excluding hydrogens is 552 g/mol. The van der Waals surface area contributed by atoms with Gasteiger partial charge in [-0.1, -0.05) is 23.2 Å². The van der Waals surface area contributed by atoms with E-state index in [2.05, 4.69) is 53.6 Å². The van der Waals surface area contributed by atoms with Gasteiger partial charge in [0.1, 0.15) is 17.9 Å². The standard InChI is InChI=1S/C22H20Cl2IN3OS/c1-27(2)9-10-29-21-13-17(26-16-6-3-14(23)4-7-16)12-19-18-11-15(24)5-8-20(18)28(30-25)22(19)21/h3-8,11-13,26H,9-10H2,1-2H3. The fourth-order valence-electron chi connectivity index (χ4n) is 3.34. The van der Waals surface area contributed by atoms with E-state index in [1.807, 2.05) is 50.5 Å². The van der Waals surface area contributed by atoms with Crippen LogP contribution in [-0.4, -0.2) is 36.1 Å². The van der Waals surface area contributed by atoms with Gasteiger partial charge in [-0.2, -0.15) is 0 Å². The van der Waals surface area contributed by atoms with E-state index < -0.39 is 0 Å². The average molecular weight is 572 g/mol. The van der Waals surface area contributed by atoms with Crippen LogP contribution in [0.1, 0.15) is 0 Å². The molecule has 156 valence electrons. The first-order valence-electron chi connectivity index (χ1n) is 9.33. The summed E-state index contributed by atoms with van der Waals surface area (Å²) in [6, 6.07) is 17.8. The zero-order valence-corrected chi connectivity index (χ0v) is 20.9. The first-order valence-corrected chi connectivity index (χ1v) is 13.4. The third-order valence-electron chi connectivity index (χ3n) is 4.74. The third-order valence-corrected chi connectivity index (χ3v) is 6.93. The van der Waals surface area contributed by atoms with E-state index in [-0.39, 0.29) is 0 Å². The molecule has 1 aromatic heterocycles. The van der Waals surface area contributed by atoms with Gasteiger partial charge in [-0.25, -0.2) is 0 Å². The Morgan fingerprint density at radius 3 is 2.40 bits per heavy atom. The van der Waals surface area contributed by atoms with E-state index in [0.717, 1.165) is 45.5 Å². The molecule has 0 amide bonds. The first kappa shape index (κ1) is 21.9. The summed E-state index contributed by atoms with van der Waals surface area (Å²) < 4.78 is 8.45. The SMILES string of the molecule is CN(C)CCOc1cc(Nc2ccc(Cl)cc2)cc2c3cc(Cl)ccc3n(SI)c12. The minimum absolute atomic E-state index is 0.598. The second-order valence-electron chi connectivity index (χ2n) is 7.18. The van der Waals surface area contributed by atoms with Crippen molar-refractivity contribution in [2.75, 3.05) is 32.6 Å². The van der Waals surface area contributed by atoms with Crippen LogP contribution in [-0.2, 0) is 0 Å². The van der Waals surface area contributed by atoms with Crippen LogP contribution in [0.15, 0.2) is 54.6 Å². The molecule has 0 unspecified atom stereocenters. The summed E-state index contributed by atoms with van der Waals surface area (Å²) in [5.74, 6) is 0.835. The van der Waals surface area contributed by atoms with Gasteiger partial charge >= 0.3 is 0 Å². The Hall–Kier alpha value is -1.32. The van der Waals surface area contributed by atoms with Crippen molar-refractivity contribution in [3.05, 3.63) is 64.6 Å². The molecule has 0 saturated heterocycles. The number of anilines is 2. The van der Waals surface area contributed by atoms with Crippen molar-refractivity contribution >= 4 is 86.7 Å². The highest BCUT2D eigenvalue weighted by molar-refractivity contribution is 14.2. The number of ether oxygens (including phenoxy) is 1. The largest absolute Gasteiger partial charge is 0.490 e. The van der Waals surface area contributed by atoms with E-state index >= 15 is 0 Å². The average Bonchev–Trinajstić information content (AvgIpc) is 3.02. The summed E-state index contributed by atoms with van der Waals surface area (Å²) in [5.41, 5.74) is 4.06. The van der Waals surface area contributed by atoms with E-state index in [1.54, 1.807) is 9.12 Å². The number of hydrogen-bond acceptors (Lipinski definition) is 4. The van der Waals surface area contributed by atoms with Crippen molar-refractivity contribution < 1.29 is 4.74 Å². The highest BCUT2D eigenvalue weighted by atomic mass is 127. The maximum Gasteiger partial charge on any atom is 0.146 e. The maximum absolute atomic E-state index is 6.33. The van der Waals surface area contributed by atoms with E-state index in [1.165, 1.54) is 0 Å². The van der Waals surface area contributed by atoms with E-state index in [4.69, 9.17) is 27.9 Å². The number of rotatable bonds is 7. The zero-order chi connectivity index (χ0) is 21.3. The molecule has 8 heteroatoms. The molecule has 1 N–H and O–H groups in total. The van der Waals surface area contributed by atoms with Gasteiger partial charge in [0, 0.05) is 75.1 Å². The quantitative estimate of drug-likeness (QED) is 0.231. The lowest BCUT2D eigenvalue weighted by atomic mass is 10.1. The van der Waals surface area contributed by atoms with Crippen molar-refractivity contribution in [2.24, 2.45) is 0 Å². The Labute approximate surface area is 202 Å². The Bertz CT molecular complexity index is 1190. The van der Waals surface area contributed by atoms with Crippen molar-refractivity contribution in [1.82, 2.24) is 8.87 Å². The third kappa shape index (κ3) is 4.62. The number of halogens is 3. The molecule has 4 nitrogen and oxygen atoms in total. The normalized spacial score (nSPS) is 11.5. The fraction of sp³-hybridized carbons (Fsp3) is 0.182. The van der Waals surface area contributed by atoms with Crippen molar-refractivity contribution in [3.8, 4) is 5.75 Å². The lowest BCUT2D eigenvalue weighted by Crippen LogP contribution is -2.19.